The van der Waals surface area contributed by atoms with Gasteiger partial charge < -0.3 is 5.11 Å². The van der Waals surface area contributed by atoms with E-state index in [0.717, 1.165) is 6.54 Å². The van der Waals surface area contributed by atoms with Gasteiger partial charge in [-0.3, -0.25) is 4.90 Å². The van der Waals surface area contributed by atoms with Crippen molar-refractivity contribution in [2.45, 2.75) is 36.4 Å². The Hall–Kier alpha value is -2.07. The predicted octanol–water partition coefficient (Wildman–Crippen LogP) is 5.48. The molecule has 28 heavy (non-hydrogen) atoms. The van der Waals surface area contributed by atoms with Gasteiger partial charge in [0.15, 0.2) is 0 Å². The average Bonchev–Trinajstić information content (AvgIpc) is 2.76. The van der Waals surface area contributed by atoms with Crippen LogP contribution in [-0.2, 0) is 6.54 Å². The molecule has 0 aliphatic carbocycles. The second-order valence-electron chi connectivity index (χ2n) is 7.46. The summed E-state index contributed by atoms with van der Waals surface area (Å²) < 4.78 is 0. The van der Waals surface area contributed by atoms with Crippen molar-refractivity contribution in [1.82, 2.24) is 4.90 Å². The Bertz CT molecular complexity index is 909. The maximum Gasteiger partial charge on any atom is 0.0596 e. The lowest BCUT2D eigenvalue weighted by Crippen LogP contribution is -2.47. The van der Waals surface area contributed by atoms with Crippen molar-refractivity contribution in [1.29, 1.82) is 0 Å². The summed E-state index contributed by atoms with van der Waals surface area (Å²) in [7, 11) is 0. The number of aliphatic hydroxyl groups is 1. The molecule has 1 aliphatic rings. The lowest BCUT2D eigenvalue weighted by atomic mass is 9.76. The second kappa shape index (κ2) is 8.52. The number of thioether (sulfide) groups is 1. The molecule has 0 bridgehead atoms. The molecule has 3 atom stereocenters. The zero-order valence-electron chi connectivity index (χ0n) is 16.5. The van der Waals surface area contributed by atoms with Crippen LogP contribution in [0.3, 0.4) is 0 Å². The van der Waals surface area contributed by atoms with E-state index in [1.165, 1.54) is 27.1 Å². The Kier molecular flexibility index (Phi) is 5.86. The Morgan fingerprint density at radius 2 is 1.50 bits per heavy atom. The molecule has 0 amide bonds. The van der Waals surface area contributed by atoms with Gasteiger partial charge in [0.1, 0.15) is 0 Å². The van der Waals surface area contributed by atoms with Crippen LogP contribution in [0.4, 0.5) is 0 Å². The van der Waals surface area contributed by atoms with Gasteiger partial charge in [0.25, 0.3) is 0 Å². The van der Waals surface area contributed by atoms with Gasteiger partial charge in [-0.25, -0.2) is 0 Å². The van der Waals surface area contributed by atoms with E-state index in [1.54, 1.807) is 11.8 Å². The van der Waals surface area contributed by atoms with Gasteiger partial charge >= 0.3 is 0 Å². The van der Waals surface area contributed by atoms with Crippen LogP contribution >= 0.6 is 11.8 Å². The largest absolute Gasteiger partial charge is 0.395 e. The Morgan fingerprint density at radius 1 is 0.857 bits per heavy atom. The Balaban J connectivity index is 1.79. The molecule has 0 unspecified atom stereocenters. The number of hydrogen-bond acceptors (Lipinski definition) is 3. The minimum Gasteiger partial charge on any atom is -0.395 e. The van der Waals surface area contributed by atoms with Gasteiger partial charge in [-0.15, -0.1) is 11.8 Å². The van der Waals surface area contributed by atoms with Gasteiger partial charge in [-0.2, -0.15) is 0 Å². The van der Waals surface area contributed by atoms with Crippen molar-refractivity contribution in [3.05, 3.63) is 101 Å². The smallest absolute Gasteiger partial charge is 0.0596 e. The molecule has 1 aliphatic heterocycles. The van der Waals surface area contributed by atoms with Crippen molar-refractivity contribution >= 4 is 11.8 Å². The molecule has 0 saturated heterocycles. The Labute approximate surface area is 172 Å². The summed E-state index contributed by atoms with van der Waals surface area (Å²) in [5.74, 6) is 0.164. The van der Waals surface area contributed by atoms with Crippen LogP contribution in [0.25, 0.3) is 0 Å². The highest BCUT2D eigenvalue weighted by Gasteiger charge is 2.39. The van der Waals surface area contributed by atoms with E-state index in [1.807, 2.05) is 0 Å². The first-order valence-corrected chi connectivity index (χ1v) is 11.1. The van der Waals surface area contributed by atoms with Crippen LogP contribution in [0.2, 0.25) is 0 Å². The molecule has 0 fully saturated rings. The number of nitrogens with zero attached hydrogens (tertiary/aromatic N) is 1. The number of fused-ring (bicyclic) bond motifs is 1. The fourth-order valence-corrected chi connectivity index (χ4v) is 4.92. The van der Waals surface area contributed by atoms with E-state index in [4.69, 9.17) is 0 Å². The summed E-state index contributed by atoms with van der Waals surface area (Å²) in [4.78, 5) is 3.73. The van der Waals surface area contributed by atoms with Gasteiger partial charge in [-0.05, 0) is 47.6 Å². The van der Waals surface area contributed by atoms with Gasteiger partial charge in [0, 0.05) is 29.4 Å². The molecule has 3 aromatic rings. The third-order valence-electron chi connectivity index (χ3n) is 5.96. The van der Waals surface area contributed by atoms with Crippen LogP contribution < -0.4 is 0 Å². The van der Waals surface area contributed by atoms with Crippen molar-refractivity contribution < 1.29 is 5.11 Å². The second-order valence-corrected chi connectivity index (χ2v) is 8.34. The molecule has 4 rings (SSSR count). The molecule has 3 heteroatoms. The fourth-order valence-electron chi connectivity index (χ4n) is 4.51. The van der Waals surface area contributed by atoms with Gasteiger partial charge in [0.05, 0.1) is 6.61 Å². The lowest BCUT2D eigenvalue weighted by molar-refractivity contribution is 0.0591. The summed E-state index contributed by atoms with van der Waals surface area (Å²) >= 11 is 1.76. The molecule has 2 nitrogen and oxygen atoms in total. The van der Waals surface area contributed by atoms with E-state index in [2.05, 4.69) is 96.9 Å². The maximum atomic E-state index is 10.5. The summed E-state index contributed by atoms with van der Waals surface area (Å²) in [5.41, 5.74) is 5.26. The van der Waals surface area contributed by atoms with Crippen molar-refractivity contribution in [3.8, 4) is 0 Å². The highest BCUT2D eigenvalue weighted by Crippen LogP contribution is 2.44. The maximum absolute atomic E-state index is 10.5. The van der Waals surface area contributed by atoms with Crippen LogP contribution in [0.5, 0.6) is 0 Å². The standard InChI is InChI=1S/C25H27NOS/c1-18-22-10-6-7-11-23(22)25(20-12-14-21(28-2)15-13-20)24(17-27)26(18)16-19-8-4-3-5-9-19/h3-15,18,24-25,27H,16-17H2,1-2H3/t18-,24+,25-/m1/s1. The highest BCUT2D eigenvalue weighted by atomic mass is 32.2. The number of benzene rings is 3. The third-order valence-corrected chi connectivity index (χ3v) is 6.70. The van der Waals surface area contributed by atoms with Gasteiger partial charge in [-0.1, -0.05) is 66.7 Å². The van der Waals surface area contributed by atoms with Crippen molar-refractivity contribution in [2.75, 3.05) is 12.9 Å². The molecule has 1 N–H and O–H groups in total. The molecule has 1 heterocycles. The molecule has 0 spiro atoms. The van der Waals surface area contributed by atoms with E-state index < -0.39 is 0 Å². The summed E-state index contributed by atoms with van der Waals surface area (Å²) in [6, 6.07) is 28.4. The number of aliphatic hydroxyl groups excluding tert-OH is 1. The van der Waals surface area contributed by atoms with E-state index in [-0.39, 0.29) is 24.6 Å². The quantitative estimate of drug-likeness (QED) is 0.585. The van der Waals surface area contributed by atoms with Crippen molar-refractivity contribution in [3.63, 3.8) is 0 Å². The topological polar surface area (TPSA) is 23.5 Å². The molecular formula is C25H27NOS. The fraction of sp³-hybridized carbons (Fsp3) is 0.280. The molecule has 0 saturated carbocycles. The number of rotatable bonds is 5. The monoisotopic (exact) mass is 389 g/mol. The minimum atomic E-state index is 0.0465. The highest BCUT2D eigenvalue weighted by molar-refractivity contribution is 7.98. The number of hydrogen-bond donors (Lipinski definition) is 1. The average molecular weight is 390 g/mol. The van der Waals surface area contributed by atoms with E-state index in [9.17, 15) is 5.11 Å². The zero-order valence-corrected chi connectivity index (χ0v) is 17.3. The predicted molar refractivity (Wildman–Crippen MR) is 118 cm³/mol. The molecule has 3 aromatic carbocycles. The van der Waals surface area contributed by atoms with Crippen LogP contribution in [0, 0.1) is 0 Å². The summed E-state index contributed by atoms with van der Waals surface area (Å²) in [6.45, 7) is 3.24. The third kappa shape index (κ3) is 3.62. The van der Waals surface area contributed by atoms with Crippen LogP contribution in [0.15, 0.2) is 83.8 Å². The lowest BCUT2D eigenvalue weighted by Gasteiger charge is -2.46. The zero-order chi connectivity index (χ0) is 19.5. The summed E-state index contributed by atoms with van der Waals surface area (Å²) in [6.07, 6.45) is 2.10. The summed E-state index contributed by atoms with van der Waals surface area (Å²) in [5, 5.41) is 10.5. The minimum absolute atomic E-state index is 0.0465. The SMILES string of the molecule is CSc1ccc([C@@H]2c3ccccc3[C@@H](C)N(Cc3ccccc3)[C@H]2CO)cc1. The van der Waals surface area contributed by atoms with E-state index in [0.29, 0.717) is 0 Å². The Morgan fingerprint density at radius 3 is 2.14 bits per heavy atom. The first-order valence-electron chi connectivity index (χ1n) is 9.86. The molecular weight excluding hydrogens is 362 g/mol. The van der Waals surface area contributed by atoms with E-state index >= 15 is 0 Å². The van der Waals surface area contributed by atoms with Crippen molar-refractivity contribution in [2.24, 2.45) is 0 Å². The first-order chi connectivity index (χ1) is 13.7. The first kappa shape index (κ1) is 19.3. The van der Waals surface area contributed by atoms with Gasteiger partial charge in [0.2, 0.25) is 0 Å². The molecule has 0 aromatic heterocycles. The van der Waals surface area contributed by atoms with Crippen LogP contribution in [-0.4, -0.2) is 28.9 Å². The molecule has 0 radical (unpaired) electrons. The van der Waals surface area contributed by atoms with Crippen LogP contribution in [0.1, 0.15) is 41.1 Å². The molecule has 144 valence electrons. The normalized spacial score (nSPS) is 22.0.